The number of aryl methyl sites for hydroxylation is 1. The summed E-state index contributed by atoms with van der Waals surface area (Å²) < 4.78 is 0. The Hall–Kier alpha value is -1.42. The van der Waals surface area contributed by atoms with Gasteiger partial charge in [-0.3, -0.25) is 0 Å². The van der Waals surface area contributed by atoms with E-state index in [9.17, 15) is 0 Å². The Bertz CT molecular complexity index is 725. The fraction of sp³-hybridized carbons (Fsp3) is 0.812. The first kappa shape index (κ1) is 30.8. The predicted molar refractivity (Wildman–Crippen MR) is 158 cm³/mol. The maximum absolute atomic E-state index is 4.31. The Balaban J connectivity index is 1.48. The first-order valence-corrected chi connectivity index (χ1v) is 15.9. The van der Waals surface area contributed by atoms with Crippen molar-refractivity contribution in [2.24, 2.45) is 0 Å². The van der Waals surface area contributed by atoms with Gasteiger partial charge in [-0.25, -0.2) is 0 Å². The van der Waals surface area contributed by atoms with Gasteiger partial charge in [0, 0.05) is 0 Å². The lowest BCUT2D eigenvalue weighted by atomic mass is 10.0. The van der Waals surface area contributed by atoms with Gasteiger partial charge in [0.1, 0.15) is 11.0 Å². The molecule has 36 heavy (non-hydrogen) atoms. The number of para-hydroxylation sites is 1. The highest BCUT2D eigenvalue weighted by Crippen LogP contribution is 2.17. The third kappa shape index (κ3) is 14.4. The van der Waals surface area contributed by atoms with Crippen LogP contribution in [0.2, 0.25) is 0 Å². The molecule has 1 aromatic carbocycles. The summed E-state index contributed by atoms with van der Waals surface area (Å²) in [4.78, 5) is 2.80. The summed E-state index contributed by atoms with van der Waals surface area (Å²) in [6.07, 6.45) is 29.1. The molecule has 0 fully saturated rings. The van der Waals surface area contributed by atoms with Gasteiger partial charge in [0.05, 0.1) is 0 Å². The van der Waals surface area contributed by atoms with Crippen LogP contribution in [0.1, 0.15) is 148 Å². The topological polar surface area (TPSA) is 44.8 Å². The van der Waals surface area contributed by atoms with Gasteiger partial charge in [-0.15, -0.1) is 0 Å². The molecule has 206 valence electrons. The van der Waals surface area contributed by atoms with Crippen molar-refractivity contribution < 1.29 is 0 Å². The lowest BCUT2D eigenvalue weighted by Crippen LogP contribution is -2.27. The highest BCUT2D eigenvalue weighted by molar-refractivity contribution is 5.77. The highest BCUT2D eigenvalue weighted by Gasteiger charge is 2.06. The second-order valence-corrected chi connectivity index (χ2v) is 11.1. The minimum atomic E-state index is 0.991. The number of nitrogens with one attached hydrogen (secondary N) is 1. The Morgan fingerprint density at radius 1 is 0.556 bits per heavy atom. The average molecular weight is 499 g/mol. The molecule has 1 aromatic heterocycles. The second-order valence-electron chi connectivity index (χ2n) is 11.1. The van der Waals surface area contributed by atoms with Crippen molar-refractivity contribution in [3.8, 4) is 0 Å². The summed E-state index contributed by atoms with van der Waals surface area (Å²) in [5.41, 5.74) is 3.39. The van der Waals surface area contributed by atoms with Crippen molar-refractivity contribution in [2.75, 3.05) is 19.6 Å². The molecule has 4 nitrogen and oxygen atoms in total. The molecule has 0 bridgehead atoms. The van der Waals surface area contributed by atoms with Crippen LogP contribution in [0.25, 0.3) is 11.0 Å². The van der Waals surface area contributed by atoms with E-state index in [2.05, 4.69) is 46.3 Å². The van der Waals surface area contributed by atoms with E-state index in [-0.39, 0.29) is 0 Å². The van der Waals surface area contributed by atoms with Gasteiger partial charge in [-0.2, -0.15) is 15.4 Å². The molecule has 2 aromatic rings. The largest absolute Gasteiger partial charge is 0.303 e. The van der Waals surface area contributed by atoms with E-state index >= 15 is 0 Å². The zero-order valence-corrected chi connectivity index (χ0v) is 24.0. The van der Waals surface area contributed by atoms with Gasteiger partial charge in [-0.05, 0) is 63.4 Å². The predicted octanol–water partition coefficient (Wildman–Crippen LogP) is 9.64. The second kappa shape index (κ2) is 21.6. The Morgan fingerprint density at radius 3 is 1.56 bits per heavy atom. The lowest BCUT2D eigenvalue weighted by Gasteiger charge is -2.22. The average Bonchev–Trinajstić information content (AvgIpc) is 3.38. The van der Waals surface area contributed by atoms with Gasteiger partial charge in [-0.1, -0.05) is 129 Å². The van der Waals surface area contributed by atoms with Crippen molar-refractivity contribution >= 4 is 11.0 Å². The van der Waals surface area contributed by atoms with E-state index in [4.69, 9.17) is 0 Å². The molecule has 0 aliphatic rings. The Labute approximate surface area is 223 Å². The molecule has 0 saturated heterocycles. The quantitative estimate of drug-likeness (QED) is 0.139. The summed E-state index contributed by atoms with van der Waals surface area (Å²) >= 11 is 0. The van der Waals surface area contributed by atoms with E-state index in [0.29, 0.717) is 0 Å². The molecule has 0 atom stereocenters. The first-order valence-electron chi connectivity index (χ1n) is 15.9. The van der Waals surface area contributed by atoms with Crippen molar-refractivity contribution in [3.05, 3.63) is 23.8 Å². The molecule has 4 heteroatoms. The molecule has 0 unspecified atom stereocenters. The molecule has 0 aliphatic carbocycles. The number of H-pyrrole nitrogens is 1. The number of hydrogen-bond acceptors (Lipinski definition) is 3. The molecular formula is C32H58N4. The van der Waals surface area contributed by atoms with Crippen LogP contribution in [0.15, 0.2) is 18.2 Å². The molecule has 0 radical (unpaired) electrons. The summed E-state index contributed by atoms with van der Waals surface area (Å²) in [6, 6.07) is 6.33. The van der Waals surface area contributed by atoms with Crippen LogP contribution in [0, 0.1) is 0 Å². The van der Waals surface area contributed by atoms with Gasteiger partial charge < -0.3 is 4.90 Å². The number of aromatic nitrogens is 3. The third-order valence-corrected chi connectivity index (χ3v) is 7.76. The zero-order valence-electron chi connectivity index (χ0n) is 24.0. The Morgan fingerprint density at radius 2 is 1.03 bits per heavy atom. The number of unbranched alkanes of at least 4 members (excludes halogenated alkanes) is 17. The van der Waals surface area contributed by atoms with Crippen LogP contribution >= 0.6 is 0 Å². The van der Waals surface area contributed by atoms with Crippen LogP contribution in [-0.2, 0) is 6.42 Å². The van der Waals surface area contributed by atoms with Gasteiger partial charge in [0.15, 0.2) is 0 Å². The number of hydrogen-bond donors (Lipinski definition) is 1. The summed E-state index contributed by atoms with van der Waals surface area (Å²) in [5.74, 6) is 0. The number of benzene rings is 1. The number of nitrogens with zero attached hydrogens (tertiary/aromatic N) is 3. The number of fused-ring (bicyclic) bond motifs is 1. The van der Waals surface area contributed by atoms with E-state index in [0.717, 1.165) is 17.5 Å². The van der Waals surface area contributed by atoms with Crippen molar-refractivity contribution in [2.45, 2.75) is 149 Å². The number of rotatable bonds is 25. The zero-order chi connectivity index (χ0) is 25.5. The lowest BCUT2D eigenvalue weighted by molar-refractivity contribution is 0.254. The minimum absolute atomic E-state index is 0.991. The molecule has 1 N–H and O–H groups in total. The Kier molecular flexibility index (Phi) is 18.5. The summed E-state index contributed by atoms with van der Waals surface area (Å²) in [6.45, 7) is 8.62. The summed E-state index contributed by atoms with van der Waals surface area (Å²) in [5, 5.41) is 11.3. The molecule has 0 spiro atoms. The van der Waals surface area contributed by atoms with Crippen LogP contribution in [-0.4, -0.2) is 39.9 Å². The summed E-state index contributed by atoms with van der Waals surface area (Å²) in [7, 11) is 0. The van der Waals surface area contributed by atoms with Gasteiger partial charge >= 0.3 is 0 Å². The first-order chi connectivity index (χ1) is 17.8. The minimum Gasteiger partial charge on any atom is -0.303 e. The van der Waals surface area contributed by atoms with Crippen molar-refractivity contribution in [1.82, 2.24) is 20.3 Å². The monoisotopic (exact) mass is 498 g/mol. The fourth-order valence-electron chi connectivity index (χ4n) is 5.41. The van der Waals surface area contributed by atoms with Crippen LogP contribution in [0.5, 0.6) is 0 Å². The standard InChI is InChI=1S/C32H58N4/c1-3-5-7-9-16-20-27-36(28-21-17-10-8-6-4-2)29-22-18-14-12-11-13-15-19-24-30-25-23-26-31-32(30)34-35-33-31/h23,25-26H,3-22,24,27-29H2,1-2H3,(H,33,34,35). The van der Waals surface area contributed by atoms with E-state index in [1.54, 1.807) is 0 Å². The fourth-order valence-corrected chi connectivity index (χ4v) is 5.41. The molecular weight excluding hydrogens is 440 g/mol. The molecule has 2 rings (SSSR count). The normalized spacial score (nSPS) is 11.8. The molecule has 1 heterocycles. The smallest absolute Gasteiger partial charge is 0.116 e. The molecule has 0 aliphatic heterocycles. The van der Waals surface area contributed by atoms with E-state index < -0.39 is 0 Å². The maximum Gasteiger partial charge on any atom is 0.116 e. The van der Waals surface area contributed by atoms with E-state index in [1.165, 1.54) is 154 Å². The van der Waals surface area contributed by atoms with Crippen LogP contribution < -0.4 is 0 Å². The highest BCUT2D eigenvalue weighted by atomic mass is 15.3. The van der Waals surface area contributed by atoms with Gasteiger partial charge in [0.2, 0.25) is 0 Å². The SMILES string of the molecule is CCCCCCCCN(CCCCCCCC)CCCCCCCCCCc1cccc2n[nH]nc12. The van der Waals surface area contributed by atoms with E-state index in [1.807, 2.05) is 6.07 Å². The molecule has 0 saturated carbocycles. The molecule has 0 amide bonds. The maximum atomic E-state index is 4.31. The number of aromatic amines is 1. The van der Waals surface area contributed by atoms with Crippen molar-refractivity contribution in [3.63, 3.8) is 0 Å². The van der Waals surface area contributed by atoms with Crippen LogP contribution in [0.4, 0.5) is 0 Å². The van der Waals surface area contributed by atoms with Crippen LogP contribution in [0.3, 0.4) is 0 Å². The van der Waals surface area contributed by atoms with Gasteiger partial charge in [0.25, 0.3) is 0 Å². The van der Waals surface area contributed by atoms with Crippen molar-refractivity contribution in [1.29, 1.82) is 0 Å². The third-order valence-electron chi connectivity index (χ3n) is 7.76.